The highest BCUT2D eigenvalue weighted by Gasteiger charge is 2.25. The number of anilines is 2. The van der Waals surface area contributed by atoms with Crippen LogP contribution < -0.4 is 20.3 Å². The third kappa shape index (κ3) is 5.67. The maximum absolute atomic E-state index is 14.7. The molecule has 3 heterocycles. The van der Waals surface area contributed by atoms with Crippen molar-refractivity contribution in [3.8, 4) is 6.01 Å². The van der Waals surface area contributed by atoms with Crippen molar-refractivity contribution in [2.45, 2.75) is 32.9 Å². The molecule has 2 aromatic carbocycles. The highest BCUT2D eigenvalue weighted by atomic mass is 19.1. The lowest BCUT2D eigenvalue weighted by molar-refractivity contribution is -0.127. The van der Waals surface area contributed by atoms with Gasteiger partial charge in [-0.2, -0.15) is 10.1 Å². The minimum Gasteiger partial charge on any atom is -0.462 e. The van der Waals surface area contributed by atoms with Gasteiger partial charge in [-0.15, -0.1) is 0 Å². The molecule has 0 radical (unpaired) electrons. The van der Waals surface area contributed by atoms with Gasteiger partial charge in [0.1, 0.15) is 12.1 Å². The molecule has 2 N–H and O–H groups in total. The number of aryl methyl sites for hydroxylation is 1. The van der Waals surface area contributed by atoms with Crippen LogP contribution in [0.3, 0.4) is 0 Å². The molecule has 1 saturated heterocycles. The summed E-state index contributed by atoms with van der Waals surface area (Å²) in [6, 6.07) is 7.21. The molecule has 2 amide bonds. The molecule has 0 aliphatic carbocycles. The Morgan fingerprint density at radius 3 is 2.67 bits per heavy atom. The number of ether oxygens (including phenoxy) is 1. The fourth-order valence-electron chi connectivity index (χ4n) is 5.06. The van der Waals surface area contributed by atoms with Crippen molar-refractivity contribution in [1.82, 2.24) is 30.0 Å². The second-order valence-corrected chi connectivity index (χ2v) is 10.4. The monoisotopic (exact) mass is 548 g/mol. The van der Waals surface area contributed by atoms with Crippen LogP contribution >= 0.6 is 0 Å². The maximum Gasteiger partial charge on any atom is 0.317 e. The average Bonchev–Trinajstić information content (AvgIpc) is 3.27. The van der Waals surface area contributed by atoms with Crippen LogP contribution in [0.1, 0.15) is 31.1 Å². The standard InChI is InChI=1S/C28H33FN8O3/c1-16-13-37(14-17(2)31-16)24-7-6-21(26-22(24)12-30-28(33-26)40-9-8-35(4)18(3)38)27(39)32-20-10-19-15-36(5)34-25(19)23(29)11-20/h6-7,10-12,15-17,31H,8-9,13-14H2,1-5H3,(H,32,39)/t16-,17+. The Morgan fingerprint density at radius 2 is 1.95 bits per heavy atom. The summed E-state index contributed by atoms with van der Waals surface area (Å²) in [6.45, 7) is 7.87. The molecule has 40 heavy (non-hydrogen) atoms. The molecule has 0 spiro atoms. The third-order valence-corrected chi connectivity index (χ3v) is 6.98. The maximum atomic E-state index is 14.7. The number of hydrogen-bond acceptors (Lipinski definition) is 8. The first-order chi connectivity index (χ1) is 19.1. The van der Waals surface area contributed by atoms with Crippen LogP contribution in [0.2, 0.25) is 0 Å². The highest BCUT2D eigenvalue weighted by Crippen LogP contribution is 2.31. The number of benzene rings is 2. The van der Waals surface area contributed by atoms with Gasteiger partial charge in [-0.3, -0.25) is 14.3 Å². The lowest BCUT2D eigenvalue weighted by Crippen LogP contribution is -2.54. The van der Waals surface area contributed by atoms with Gasteiger partial charge in [0.15, 0.2) is 5.82 Å². The average molecular weight is 549 g/mol. The molecule has 210 valence electrons. The van der Waals surface area contributed by atoms with E-state index in [1.54, 1.807) is 38.6 Å². The molecule has 5 rings (SSSR count). The van der Waals surface area contributed by atoms with E-state index in [0.29, 0.717) is 34.1 Å². The number of likely N-dealkylation sites (N-methyl/N-ethyl adjacent to an activating group) is 1. The Bertz CT molecular complexity index is 1580. The highest BCUT2D eigenvalue weighted by molar-refractivity contribution is 6.14. The summed E-state index contributed by atoms with van der Waals surface area (Å²) in [6.07, 6.45) is 3.35. The number of nitrogens with one attached hydrogen (secondary N) is 2. The van der Waals surface area contributed by atoms with Crippen LogP contribution in [-0.4, -0.2) is 81.8 Å². The van der Waals surface area contributed by atoms with Gasteiger partial charge in [0.2, 0.25) is 5.91 Å². The van der Waals surface area contributed by atoms with E-state index in [1.165, 1.54) is 22.6 Å². The third-order valence-electron chi connectivity index (χ3n) is 6.98. The van der Waals surface area contributed by atoms with Gasteiger partial charge in [0.05, 0.1) is 17.6 Å². The number of rotatable bonds is 7. The predicted molar refractivity (Wildman–Crippen MR) is 151 cm³/mol. The minimum absolute atomic E-state index is 0.0768. The zero-order valence-electron chi connectivity index (χ0n) is 23.2. The topological polar surface area (TPSA) is 118 Å². The molecular formula is C28H33FN8O3. The summed E-state index contributed by atoms with van der Waals surface area (Å²) in [5, 5.41) is 11.7. The first-order valence-electron chi connectivity index (χ1n) is 13.2. The van der Waals surface area contributed by atoms with E-state index in [9.17, 15) is 14.0 Å². The van der Waals surface area contributed by atoms with E-state index in [-0.39, 0.29) is 36.1 Å². The molecule has 11 nitrogen and oxygen atoms in total. The number of halogens is 1. The number of aromatic nitrogens is 4. The number of nitrogens with zero attached hydrogens (tertiary/aromatic N) is 6. The molecular weight excluding hydrogens is 515 g/mol. The molecule has 2 aromatic heterocycles. The molecule has 0 bridgehead atoms. The Balaban J connectivity index is 1.50. The van der Waals surface area contributed by atoms with E-state index in [2.05, 4.69) is 44.4 Å². The van der Waals surface area contributed by atoms with Crippen LogP contribution in [-0.2, 0) is 11.8 Å². The summed E-state index contributed by atoms with van der Waals surface area (Å²) in [7, 11) is 3.39. The second-order valence-electron chi connectivity index (χ2n) is 10.4. The molecule has 0 unspecified atom stereocenters. The summed E-state index contributed by atoms with van der Waals surface area (Å²) < 4.78 is 21.9. The molecule has 2 atom stereocenters. The fraction of sp³-hybridized carbons (Fsp3) is 0.393. The predicted octanol–water partition coefficient (Wildman–Crippen LogP) is 2.95. The first-order valence-corrected chi connectivity index (χ1v) is 13.2. The van der Waals surface area contributed by atoms with Crippen LogP contribution in [0.25, 0.3) is 21.8 Å². The van der Waals surface area contributed by atoms with E-state index < -0.39 is 11.7 Å². The Hall–Kier alpha value is -4.32. The SMILES string of the molecule is CC(=O)N(C)CCOc1ncc2c(N3C[C@@H](C)N[C@@H](C)C3)ccc(C(=O)Nc3cc(F)c4nn(C)cc4c3)c2n1. The van der Waals surface area contributed by atoms with Crippen LogP contribution in [0, 0.1) is 5.82 Å². The van der Waals surface area contributed by atoms with Gasteiger partial charge in [-0.25, -0.2) is 9.37 Å². The molecule has 4 aromatic rings. The Kier molecular flexibility index (Phi) is 7.53. The lowest BCUT2D eigenvalue weighted by atomic mass is 10.0. The van der Waals surface area contributed by atoms with Crippen LogP contribution in [0.5, 0.6) is 6.01 Å². The summed E-state index contributed by atoms with van der Waals surface area (Å²) in [5.41, 5.74) is 2.18. The normalized spacial score (nSPS) is 17.3. The Labute approximate surface area is 231 Å². The molecule has 1 aliphatic rings. The zero-order valence-corrected chi connectivity index (χ0v) is 23.2. The van der Waals surface area contributed by atoms with Crippen molar-refractivity contribution in [2.75, 3.05) is 43.5 Å². The van der Waals surface area contributed by atoms with Gasteiger partial charge in [0.25, 0.3) is 5.91 Å². The number of carbonyl (C=O) groups is 2. The van der Waals surface area contributed by atoms with E-state index in [4.69, 9.17) is 4.74 Å². The number of hydrogen-bond donors (Lipinski definition) is 2. The first kappa shape index (κ1) is 27.3. The van der Waals surface area contributed by atoms with E-state index >= 15 is 0 Å². The Morgan fingerprint density at radius 1 is 1.20 bits per heavy atom. The second kappa shape index (κ2) is 11.0. The van der Waals surface area contributed by atoms with Crippen LogP contribution in [0.15, 0.2) is 36.7 Å². The van der Waals surface area contributed by atoms with Gasteiger partial charge in [-0.05, 0) is 38.1 Å². The number of carbonyl (C=O) groups excluding carboxylic acids is 2. The lowest BCUT2D eigenvalue weighted by Gasteiger charge is -2.38. The van der Waals surface area contributed by atoms with Gasteiger partial charge in [-0.1, -0.05) is 0 Å². The number of amides is 2. The molecule has 0 saturated carbocycles. The van der Waals surface area contributed by atoms with Gasteiger partial charge >= 0.3 is 6.01 Å². The smallest absolute Gasteiger partial charge is 0.317 e. The quantitative estimate of drug-likeness (QED) is 0.362. The largest absolute Gasteiger partial charge is 0.462 e. The number of fused-ring (bicyclic) bond motifs is 2. The van der Waals surface area contributed by atoms with Crippen molar-refractivity contribution in [1.29, 1.82) is 0 Å². The molecule has 12 heteroatoms. The van der Waals surface area contributed by atoms with Crippen molar-refractivity contribution < 1.29 is 18.7 Å². The van der Waals surface area contributed by atoms with E-state index in [1.807, 2.05) is 6.07 Å². The van der Waals surface area contributed by atoms with Crippen LogP contribution in [0.4, 0.5) is 15.8 Å². The summed E-state index contributed by atoms with van der Waals surface area (Å²) in [4.78, 5) is 37.9. The minimum atomic E-state index is -0.524. The van der Waals surface area contributed by atoms with E-state index in [0.717, 1.165) is 18.8 Å². The summed E-state index contributed by atoms with van der Waals surface area (Å²) in [5.74, 6) is -1.04. The summed E-state index contributed by atoms with van der Waals surface area (Å²) >= 11 is 0. The van der Waals surface area contributed by atoms with Gasteiger partial charge < -0.3 is 25.2 Å². The molecule has 1 aliphatic heterocycles. The van der Waals surface area contributed by atoms with Crippen molar-refractivity contribution in [3.63, 3.8) is 0 Å². The number of piperazine rings is 1. The van der Waals surface area contributed by atoms with Crippen molar-refractivity contribution >= 4 is 45.0 Å². The fourth-order valence-corrected chi connectivity index (χ4v) is 5.06. The van der Waals surface area contributed by atoms with Crippen molar-refractivity contribution in [2.24, 2.45) is 7.05 Å². The van der Waals surface area contributed by atoms with Gasteiger partial charge in [0, 0.05) is 80.7 Å². The molecule has 1 fully saturated rings. The zero-order chi connectivity index (χ0) is 28.6. The van der Waals surface area contributed by atoms with Crippen molar-refractivity contribution in [3.05, 3.63) is 48.0 Å².